The van der Waals surface area contributed by atoms with Gasteiger partial charge in [0, 0.05) is 13.1 Å². The molecule has 0 radical (unpaired) electrons. The van der Waals surface area contributed by atoms with Gasteiger partial charge in [-0.25, -0.2) is 0 Å². The summed E-state index contributed by atoms with van der Waals surface area (Å²) in [6, 6.07) is 0. The van der Waals surface area contributed by atoms with E-state index in [0.29, 0.717) is 11.8 Å². The average molecular weight is 256 g/mol. The second-order valence-corrected chi connectivity index (χ2v) is 6.53. The molecular formula is C15H32N2O. The predicted octanol–water partition coefficient (Wildman–Crippen LogP) is 2.91. The van der Waals surface area contributed by atoms with Gasteiger partial charge in [0.15, 0.2) is 0 Å². The number of nitrogens with one attached hydrogen (secondary N) is 1. The van der Waals surface area contributed by atoms with Gasteiger partial charge in [0.25, 0.3) is 0 Å². The molecule has 0 unspecified atom stereocenters. The van der Waals surface area contributed by atoms with Crippen molar-refractivity contribution in [1.82, 2.24) is 10.2 Å². The van der Waals surface area contributed by atoms with Crippen molar-refractivity contribution in [3.05, 3.63) is 0 Å². The van der Waals surface area contributed by atoms with Crippen LogP contribution in [-0.4, -0.2) is 36.5 Å². The zero-order chi connectivity index (χ0) is 14.3. The second-order valence-electron chi connectivity index (χ2n) is 6.53. The maximum atomic E-state index is 12.5. The third-order valence-electron chi connectivity index (χ3n) is 3.40. The lowest BCUT2D eigenvalue weighted by atomic mass is 10.0. The van der Waals surface area contributed by atoms with Crippen molar-refractivity contribution in [1.29, 1.82) is 0 Å². The molecule has 0 aromatic rings. The van der Waals surface area contributed by atoms with Crippen LogP contribution < -0.4 is 5.32 Å². The quantitative estimate of drug-likeness (QED) is 0.724. The number of likely N-dealkylation sites (N-methyl/N-ethyl adjacent to an activating group) is 1. The van der Waals surface area contributed by atoms with E-state index in [4.69, 9.17) is 0 Å². The summed E-state index contributed by atoms with van der Waals surface area (Å²) in [7, 11) is 1.85. The first-order valence-electron chi connectivity index (χ1n) is 7.19. The maximum absolute atomic E-state index is 12.5. The van der Waals surface area contributed by atoms with Crippen LogP contribution in [0.5, 0.6) is 0 Å². The van der Waals surface area contributed by atoms with E-state index in [1.165, 1.54) is 0 Å². The summed E-state index contributed by atoms with van der Waals surface area (Å²) >= 11 is 0. The minimum Gasteiger partial charge on any atom is -0.341 e. The van der Waals surface area contributed by atoms with Crippen LogP contribution in [-0.2, 0) is 4.79 Å². The van der Waals surface area contributed by atoms with Crippen LogP contribution in [0.3, 0.4) is 0 Å². The van der Waals surface area contributed by atoms with Crippen LogP contribution in [0.25, 0.3) is 0 Å². The topological polar surface area (TPSA) is 32.3 Å². The zero-order valence-corrected chi connectivity index (χ0v) is 13.3. The molecule has 3 nitrogen and oxygen atoms in total. The zero-order valence-electron chi connectivity index (χ0n) is 13.3. The molecule has 3 heteroatoms. The van der Waals surface area contributed by atoms with Crippen molar-refractivity contribution in [2.45, 2.75) is 59.9 Å². The molecule has 18 heavy (non-hydrogen) atoms. The molecule has 1 amide bonds. The average Bonchev–Trinajstić information content (AvgIpc) is 2.27. The lowest BCUT2D eigenvalue weighted by Crippen LogP contribution is -2.53. The normalized spacial score (nSPS) is 12.3. The minimum atomic E-state index is -0.464. The number of amides is 1. The Kier molecular flexibility index (Phi) is 7.53. The Morgan fingerprint density at radius 2 is 1.44 bits per heavy atom. The third kappa shape index (κ3) is 6.39. The maximum Gasteiger partial charge on any atom is 0.242 e. The van der Waals surface area contributed by atoms with Crippen molar-refractivity contribution >= 4 is 5.91 Å². The predicted molar refractivity (Wildman–Crippen MR) is 78.6 cm³/mol. The molecule has 0 aliphatic rings. The van der Waals surface area contributed by atoms with E-state index in [9.17, 15) is 4.79 Å². The van der Waals surface area contributed by atoms with Crippen LogP contribution in [0.1, 0.15) is 54.4 Å². The van der Waals surface area contributed by atoms with Crippen molar-refractivity contribution in [2.24, 2.45) is 11.8 Å². The molecular weight excluding hydrogens is 224 g/mol. The first-order valence-corrected chi connectivity index (χ1v) is 7.19. The van der Waals surface area contributed by atoms with Crippen molar-refractivity contribution in [3.63, 3.8) is 0 Å². The third-order valence-corrected chi connectivity index (χ3v) is 3.40. The Labute approximate surface area is 113 Å². The van der Waals surface area contributed by atoms with Crippen LogP contribution in [0, 0.1) is 11.8 Å². The molecule has 1 N–H and O–H groups in total. The SMILES string of the molecule is CNC(C)(C)C(=O)N(CCC(C)C)CCC(C)C. The second kappa shape index (κ2) is 7.78. The first-order chi connectivity index (χ1) is 8.20. The van der Waals surface area contributed by atoms with E-state index >= 15 is 0 Å². The van der Waals surface area contributed by atoms with Gasteiger partial charge < -0.3 is 10.2 Å². The Morgan fingerprint density at radius 1 is 1.06 bits per heavy atom. The van der Waals surface area contributed by atoms with Gasteiger partial charge in [-0.3, -0.25) is 4.79 Å². The smallest absolute Gasteiger partial charge is 0.242 e. The molecule has 0 bridgehead atoms. The number of rotatable bonds is 8. The van der Waals surface area contributed by atoms with E-state index in [-0.39, 0.29) is 5.91 Å². The summed E-state index contributed by atoms with van der Waals surface area (Å²) < 4.78 is 0. The molecule has 0 heterocycles. The molecule has 0 spiro atoms. The summed E-state index contributed by atoms with van der Waals surface area (Å²) in [5.41, 5.74) is -0.464. The fourth-order valence-electron chi connectivity index (χ4n) is 1.65. The van der Waals surface area contributed by atoms with Crippen molar-refractivity contribution < 1.29 is 4.79 Å². The number of hydrogen-bond donors (Lipinski definition) is 1. The van der Waals surface area contributed by atoms with Gasteiger partial charge in [-0.15, -0.1) is 0 Å². The Morgan fingerprint density at radius 3 is 1.72 bits per heavy atom. The van der Waals surface area contributed by atoms with Crippen molar-refractivity contribution in [3.8, 4) is 0 Å². The highest BCUT2D eigenvalue weighted by molar-refractivity contribution is 5.85. The molecule has 0 aromatic heterocycles. The summed E-state index contributed by atoms with van der Waals surface area (Å²) in [4.78, 5) is 14.5. The molecule has 0 rings (SSSR count). The van der Waals surface area contributed by atoms with Gasteiger partial charge in [-0.2, -0.15) is 0 Å². The van der Waals surface area contributed by atoms with E-state index in [1.54, 1.807) is 0 Å². The van der Waals surface area contributed by atoms with Crippen molar-refractivity contribution in [2.75, 3.05) is 20.1 Å². The largest absolute Gasteiger partial charge is 0.341 e. The van der Waals surface area contributed by atoms with E-state index in [2.05, 4.69) is 33.0 Å². The molecule has 0 aromatic carbocycles. The van der Waals surface area contributed by atoms with Gasteiger partial charge in [-0.05, 0) is 45.6 Å². The van der Waals surface area contributed by atoms with E-state index in [1.807, 2.05) is 25.8 Å². The highest BCUT2D eigenvalue weighted by Crippen LogP contribution is 2.12. The number of nitrogens with zero attached hydrogens (tertiary/aromatic N) is 1. The fraction of sp³-hybridized carbons (Fsp3) is 0.933. The first kappa shape index (κ1) is 17.4. The molecule has 0 aliphatic heterocycles. The standard InChI is InChI=1S/C15H32N2O/c1-12(2)8-10-17(11-9-13(3)4)14(18)15(5,6)16-7/h12-13,16H,8-11H2,1-7H3. The van der Waals surface area contributed by atoms with Gasteiger partial charge in [0.1, 0.15) is 0 Å². The molecule has 0 atom stereocenters. The Hall–Kier alpha value is -0.570. The molecule has 0 fully saturated rings. The van der Waals surface area contributed by atoms with Gasteiger partial charge in [0.05, 0.1) is 5.54 Å². The van der Waals surface area contributed by atoms with E-state index < -0.39 is 5.54 Å². The lowest BCUT2D eigenvalue weighted by Gasteiger charge is -2.32. The van der Waals surface area contributed by atoms with Crippen LogP contribution >= 0.6 is 0 Å². The fourth-order valence-corrected chi connectivity index (χ4v) is 1.65. The highest BCUT2D eigenvalue weighted by Gasteiger charge is 2.30. The summed E-state index contributed by atoms with van der Waals surface area (Å²) in [6.45, 7) is 14.5. The molecule has 0 saturated heterocycles. The van der Waals surface area contributed by atoms with E-state index in [0.717, 1.165) is 25.9 Å². The van der Waals surface area contributed by atoms with Crippen LogP contribution in [0.4, 0.5) is 0 Å². The highest BCUT2D eigenvalue weighted by atomic mass is 16.2. The summed E-state index contributed by atoms with van der Waals surface area (Å²) in [6.07, 6.45) is 2.15. The Bertz CT molecular complexity index is 235. The monoisotopic (exact) mass is 256 g/mol. The minimum absolute atomic E-state index is 0.214. The Balaban J connectivity index is 4.58. The van der Waals surface area contributed by atoms with Gasteiger partial charge >= 0.3 is 0 Å². The molecule has 0 aliphatic carbocycles. The summed E-state index contributed by atoms with van der Waals surface area (Å²) in [5.74, 6) is 1.49. The number of hydrogen-bond acceptors (Lipinski definition) is 2. The van der Waals surface area contributed by atoms with Crippen LogP contribution in [0.2, 0.25) is 0 Å². The number of carbonyl (C=O) groups excluding carboxylic acids is 1. The van der Waals surface area contributed by atoms with Gasteiger partial charge in [-0.1, -0.05) is 27.7 Å². The lowest BCUT2D eigenvalue weighted by molar-refractivity contribution is -0.137. The summed E-state index contributed by atoms with van der Waals surface area (Å²) in [5, 5.41) is 3.11. The van der Waals surface area contributed by atoms with Gasteiger partial charge in [0.2, 0.25) is 5.91 Å². The molecule has 108 valence electrons. The number of carbonyl (C=O) groups is 1. The van der Waals surface area contributed by atoms with Crippen LogP contribution in [0.15, 0.2) is 0 Å². The molecule has 0 saturated carbocycles.